The van der Waals surface area contributed by atoms with E-state index in [2.05, 4.69) is 23.3 Å². The molecule has 3 heteroatoms. The van der Waals surface area contributed by atoms with Crippen molar-refractivity contribution in [3.8, 4) is 6.07 Å². The minimum absolute atomic E-state index is 0.0463. The largest absolute Gasteiger partial charge is 0.315 e. The molecule has 0 radical (unpaired) electrons. The molecule has 1 atom stereocenters. The van der Waals surface area contributed by atoms with Gasteiger partial charge in [0.05, 0.1) is 11.5 Å². The first-order valence-corrected chi connectivity index (χ1v) is 6.49. The Labute approximate surface area is 98.8 Å². The van der Waals surface area contributed by atoms with Crippen molar-refractivity contribution in [1.82, 2.24) is 10.2 Å². The summed E-state index contributed by atoms with van der Waals surface area (Å²) in [5.74, 6) is 0.696. The second-order valence-corrected chi connectivity index (χ2v) is 5.53. The first-order valence-electron chi connectivity index (χ1n) is 6.49. The Morgan fingerprint density at radius 3 is 2.38 bits per heavy atom. The van der Waals surface area contributed by atoms with Crippen LogP contribution in [0, 0.1) is 22.7 Å². The van der Waals surface area contributed by atoms with Crippen molar-refractivity contribution in [1.29, 1.82) is 5.26 Å². The maximum atomic E-state index is 9.42. The molecule has 1 heterocycles. The van der Waals surface area contributed by atoms with E-state index in [-0.39, 0.29) is 5.41 Å². The number of hydrogen-bond donors (Lipinski definition) is 1. The van der Waals surface area contributed by atoms with E-state index in [4.69, 9.17) is 0 Å². The van der Waals surface area contributed by atoms with E-state index in [1.165, 1.54) is 32.4 Å². The van der Waals surface area contributed by atoms with Crippen LogP contribution in [0.3, 0.4) is 0 Å². The number of likely N-dealkylation sites (tertiary alicyclic amines) is 1. The summed E-state index contributed by atoms with van der Waals surface area (Å²) in [5, 5.41) is 12.9. The number of nitrogens with one attached hydrogen (secondary N) is 1. The van der Waals surface area contributed by atoms with Crippen LogP contribution in [0.4, 0.5) is 0 Å². The average Bonchev–Trinajstić information content (AvgIpc) is 2.25. The van der Waals surface area contributed by atoms with Crippen LogP contribution in [0.2, 0.25) is 0 Å². The molecule has 1 saturated heterocycles. The summed E-state index contributed by atoms with van der Waals surface area (Å²) in [5.41, 5.74) is -0.0463. The van der Waals surface area contributed by atoms with E-state index in [9.17, 15) is 5.26 Å². The van der Waals surface area contributed by atoms with Crippen LogP contribution in [0.25, 0.3) is 0 Å². The van der Waals surface area contributed by atoms with E-state index >= 15 is 0 Å². The Balaban J connectivity index is 2.02. The summed E-state index contributed by atoms with van der Waals surface area (Å²) in [6.07, 6.45) is 5.91. The van der Waals surface area contributed by atoms with Gasteiger partial charge in [-0.25, -0.2) is 0 Å². The molecule has 0 aromatic heterocycles. The quantitative estimate of drug-likeness (QED) is 0.787. The van der Waals surface area contributed by atoms with Crippen LogP contribution < -0.4 is 5.32 Å². The molecule has 0 bridgehead atoms. The lowest BCUT2D eigenvalue weighted by atomic mass is 9.61. The fraction of sp³-hybridized carbons (Fsp3) is 0.923. The molecule has 2 fully saturated rings. The molecule has 3 nitrogen and oxygen atoms in total. The summed E-state index contributed by atoms with van der Waals surface area (Å²) < 4.78 is 0. The van der Waals surface area contributed by atoms with Gasteiger partial charge in [0, 0.05) is 6.04 Å². The van der Waals surface area contributed by atoms with Gasteiger partial charge in [-0.2, -0.15) is 5.26 Å². The van der Waals surface area contributed by atoms with Gasteiger partial charge in [-0.05, 0) is 58.8 Å². The highest BCUT2D eigenvalue weighted by Crippen LogP contribution is 2.46. The third kappa shape index (κ3) is 1.97. The summed E-state index contributed by atoms with van der Waals surface area (Å²) in [7, 11) is 4.22. The molecule has 1 unspecified atom stereocenters. The normalized spacial score (nSPS) is 28.1. The molecule has 1 saturated carbocycles. The number of piperidine rings is 1. The average molecular weight is 221 g/mol. The zero-order valence-corrected chi connectivity index (χ0v) is 10.5. The van der Waals surface area contributed by atoms with Crippen LogP contribution in [0.1, 0.15) is 32.1 Å². The first-order chi connectivity index (χ1) is 7.72. The molecule has 90 valence electrons. The Bertz CT molecular complexity index is 269. The van der Waals surface area contributed by atoms with Crippen LogP contribution in [-0.2, 0) is 0 Å². The Morgan fingerprint density at radius 1 is 1.38 bits per heavy atom. The molecular formula is C13H23N3. The van der Waals surface area contributed by atoms with E-state index in [1.807, 2.05) is 7.05 Å². The summed E-state index contributed by atoms with van der Waals surface area (Å²) in [6, 6.07) is 3.01. The zero-order chi connectivity index (χ0) is 11.6. The lowest BCUT2D eigenvalue weighted by Gasteiger charge is -2.47. The molecule has 1 aliphatic heterocycles. The fourth-order valence-electron chi connectivity index (χ4n) is 3.38. The molecule has 1 N–H and O–H groups in total. The van der Waals surface area contributed by atoms with Crippen molar-refractivity contribution in [2.45, 2.75) is 38.1 Å². The van der Waals surface area contributed by atoms with E-state index in [1.54, 1.807) is 0 Å². The van der Waals surface area contributed by atoms with Crippen molar-refractivity contribution in [3.63, 3.8) is 0 Å². The topological polar surface area (TPSA) is 39.1 Å². The van der Waals surface area contributed by atoms with Crippen LogP contribution in [-0.4, -0.2) is 38.1 Å². The highest BCUT2D eigenvalue weighted by Gasteiger charge is 2.47. The highest BCUT2D eigenvalue weighted by atomic mass is 15.1. The molecule has 2 aliphatic rings. The predicted molar refractivity (Wildman–Crippen MR) is 65.0 cm³/mol. The molecule has 1 aliphatic carbocycles. The minimum Gasteiger partial charge on any atom is -0.315 e. The van der Waals surface area contributed by atoms with Gasteiger partial charge in [-0.15, -0.1) is 0 Å². The standard InChI is InChI=1S/C13H23N3/c1-15-12(13(10-14)6-3-7-13)11-4-8-16(2)9-5-11/h11-12,15H,3-9H2,1-2H3. The van der Waals surface area contributed by atoms with Crippen LogP contribution in [0.5, 0.6) is 0 Å². The van der Waals surface area contributed by atoms with E-state index < -0.39 is 0 Å². The maximum Gasteiger partial charge on any atom is 0.0729 e. The number of nitriles is 1. The minimum atomic E-state index is -0.0463. The molecule has 0 spiro atoms. The van der Waals surface area contributed by atoms with Gasteiger partial charge in [-0.1, -0.05) is 6.42 Å². The van der Waals surface area contributed by atoms with Crippen molar-refractivity contribution in [2.24, 2.45) is 11.3 Å². The van der Waals surface area contributed by atoms with Gasteiger partial charge >= 0.3 is 0 Å². The number of hydrogen-bond acceptors (Lipinski definition) is 3. The molecule has 0 aromatic carbocycles. The summed E-state index contributed by atoms with van der Waals surface area (Å²) in [4.78, 5) is 2.39. The van der Waals surface area contributed by atoms with Gasteiger partial charge in [0.1, 0.15) is 0 Å². The third-order valence-corrected chi connectivity index (χ3v) is 4.61. The third-order valence-electron chi connectivity index (χ3n) is 4.61. The van der Waals surface area contributed by atoms with Crippen LogP contribution >= 0.6 is 0 Å². The Hall–Kier alpha value is -0.590. The lowest BCUT2D eigenvalue weighted by molar-refractivity contribution is 0.0747. The van der Waals surface area contributed by atoms with Gasteiger partial charge in [0.2, 0.25) is 0 Å². The zero-order valence-electron chi connectivity index (χ0n) is 10.5. The van der Waals surface area contributed by atoms with Crippen molar-refractivity contribution >= 4 is 0 Å². The smallest absolute Gasteiger partial charge is 0.0729 e. The summed E-state index contributed by atoms with van der Waals surface area (Å²) in [6.45, 7) is 2.37. The predicted octanol–water partition coefficient (Wildman–Crippen LogP) is 1.61. The van der Waals surface area contributed by atoms with E-state index in [0.29, 0.717) is 12.0 Å². The Kier molecular flexibility index (Phi) is 3.51. The Morgan fingerprint density at radius 2 is 2.00 bits per heavy atom. The van der Waals surface area contributed by atoms with Gasteiger partial charge in [-0.3, -0.25) is 0 Å². The van der Waals surface area contributed by atoms with Gasteiger partial charge < -0.3 is 10.2 Å². The maximum absolute atomic E-state index is 9.42. The number of nitrogens with zero attached hydrogens (tertiary/aromatic N) is 2. The van der Waals surface area contributed by atoms with Gasteiger partial charge in [0.25, 0.3) is 0 Å². The SMILES string of the molecule is CNC(C1CCN(C)CC1)C1(C#N)CCC1. The lowest BCUT2D eigenvalue weighted by Crippen LogP contribution is -2.53. The molecule has 2 rings (SSSR count). The van der Waals surface area contributed by atoms with Gasteiger partial charge in [0.15, 0.2) is 0 Å². The van der Waals surface area contributed by atoms with Crippen molar-refractivity contribution in [2.75, 3.05) is 27.2 Å². The fourth-order valence-corrected chi connectivity index (χ4v) is 3.38. The van der Waals surface area contributed by atoms with Crippen LogP contribution in [0.15, 0.2) is 0 Å². The van der Waals surface area contributed by atoms with E-state index in [0.717, 1.165) is 12.8 Å². The monoisotopic (exact) mass is 221 g/mol. The molecule has 0 aromatic rings. The first kappa shape index (κ1) is 11.9. The van der Waals surface area contributed by atoms with Crippen molar-refractivity contribution < 1.29 is 0 Å². The molecule has 0 amide bonds. The second kappa shape index (κ2) is 4.73. The number of rotatable bonds is 3. The summed E-state index contributed by atoms with van der Waals surface area (Å²) >= 11 is 0. The second-order valence-electron chi connectivity index (χ2n) is 5.53. The molecule has 16 heavy (non-hydrogen) atoms. The highest BCUT2D eigenvalue weighted by molar-refractivity contribution is 5.12. The van der Waals surface area contributed by atoms with Crippen molar-refractivity contribution in [3.05, 3.63) is 0 Å². The molecular weight excluding hydrogens is 198 g/mol.